The molecule has 0 spiro atoms. The molecule has 3 atom stereocenters. The van der Waals surface area contributed by atoms with Gasteiger partial charge in [-0.15, -0.1) is 0 Å². The number of nitrogens with zero attached hydrogens (tertiary/aromatic N) is 1. The van der Waals surface area contributed by atoms with Crippen LogP contribution in [0.2, 0.25) is 0 Å². The summed E-state index contributed by atoms with van der Waals surface area (Å²) in [6.07, 6.45) is 4.29. The first-order valence-corrected chi connectivity index (χ1v) is 8.86. The number of ether oxygens (including phenoxy) is 1. The van der Waals surface area contributed by atoms with Gasteiger partial charge in [0.1, 0.15) is 11.9 Å². The van der Waals surface area contributed by atoms with Crippen LogP contribution in [0.4, 0.5) is 0 Å². The standard InChI is InChI=1S/C18H24INO/c1-4-18(2,3)14-6-5-13(12-20)17(11-14)21-16-9-7-15(19)8-10-16/h7-10,13-14,17H,4-6,11H2,1-3H3. The predicted octanol–water partition coefficient (Wildman–Crippen LogP) is 5.41. The molecule has 0 bridgehead atoms. The van der Waals surface area contributed by atoms with Gasteiger partial charge in [0, 0.05) is 3.57 Å². The maximum absolute atomic E-state index is 9.40. The van der Waals surface area contributed by atoms with E-state index in [1.807, 2.05) is 24.3 Å². The van der Waals surface area contributed by atoms with Gasteiger partial charge in [0.25, 0.3) is 0 Å². The smallest absolute Gasteiger partial charge is 0.119 e. The van der Waals surface area contributed by atoms with Crippen molar-refractivity contribution in [1.82, 2.24) is 0 Å². The fourth-order valence-electron chi connectivity index (χ4n) is 3.09. The van der Waals surface area contributed by atoms with E-state index < -0.39 is 0 Å². The van der Waals surface area contributed by atoms with E-state index >= 15 is 0 Å². The molecule has 2 rings (SSSR count). The lowest BCUT2D eigenvalue weighted by Gasteiger charge is -2.41. The molecule has 0 amide bonds. The van der Waals surface area contributed by atoms with Crippen molar-refractivity contribution in [3.63, 3.8) is 0 Å². The van der Waals surface area contributed by atoms with Crippen LogP contribution in [-0.2, 0) is 0 Å². The Bertz CT molecular complexity index is 503. The van der Waals surface area contributed by atoms with Gasteiger partial charge >= 0.3 is 0 Å². The third kappa shape index (κ3) is 4.12. The molecule has 0 aromatic heterocycles. The van der Waals surface area contributed by atoms with Crippen molar-refractivity contribution in [3.05, 3.63) is 27.8 Å². The largest absolute Gasteiger partial charge is 0.489 e. The second-order valence-electron chi connectivity index (χ2n) is 6.70. The second-order valence-corrected chi connectivity index (χ2v) is 7.94. The van der Waals surface area contributed by atoms with Gasteiger partial charge in [0.15, 0.2) is 0 Å². The lowest BCUT2D eigenvalue weighted by atomic mass is 9.67. The highest BCUT2D eigenvalue weighted by atomic mass is 127. The third-order valence-corrected chi connectivity index (χ3v) is 5.79. The van der Waals surface area contributed by atoms with E-state index in [4.69, 9.17) is 4.74 Å². The van der Waals surface area contributed by atoms with E-state index in [2.05, 4.69) is 49.4 Å². The molecule has 0 radical (unpaired) electrons. The summed E-state index contributed by atoms with van der Waals surface area (Å²) < 4.78 is 7.36. The Balaban J connectivity index is 2.10. The molecule has 1 aromatic carbocycles. The highest BCUT2D eigenvalue weighted by molar-refractivity contribution is 14.1. The van der Waals surface area contributed by atoms with Crippen molar-refractivity contribution in [1.29, 1.82) is 5.26 Å². The fraction of sp³-hybridized carbons (Fsp3) is 0.611. The predicted molar refractivity (Wildman–Crippen MR) is 94.1 cm³/mol. The Kier molecular flexibility index (Phi) is 5.54. The second kappa shape index (κ2) is 7.00. The van der Waals surface area contributed by atoms with E-state index in [0.29, 0.717) is 11.3 Å². The Morgan fingerprint density at radius 3 is 2.52 bits per heavy atom. The minimum atomic E-state index is 0.0215. The lowest BCUT2D eigenvalue weighted by molar-refractivity contribution is 0.0410. The van der Waals surface area contributed by atoms with Crippen molar-refractivity contribution < 1.29 is 4.74 Å². The van der Waals surface area contributed by atoms with E-state index in [9.17, 15) is 5.26 Å². The minimum absolute atomic E-state index is 0.0215. The molecule has 1 aliphatic carbocycles. The van der Waals surface area contributed by atoms with Crippen LogP contribution in [0.25, 0.3) is 0 Å². The van der Waals surface area contributed by atoms with Gasteiger partial charge in [-0.3, -0.25) is 0 Å². The Morgan fingerprint density at radius 1 is 1.29 bits per heavy atom. The first kappa shape index (κ1) is 16.6. The van der Waals surface area contributed by atoms with Crippen molar-refractivity contribution in [3.8, 4) is 11.8 Å². The summed E-state index contributed by atoms with van der Waals surface area (Å²) >= 11 is 2.29. The monoisotopic (exact) mass is 397 g/mol. The summed E-state index contributed by atoms with van der Waals surface area (Å²) in [5, 5.41) is 9.40. The molecule has 3 heteroatoms. The molecule has 0 heterocycles. The van der Waals surface area contributed by atoms with Gasteiger partial charge < -0.3 is 4.74 Å². The van der Waals surface area contributed by atoms with E-state index in [0.717, 1.165) is 25.0 Å². The van der Waals surface area contributed by atoms with Crippen LogP contribution in [0.5, 0.6) is 5.75 Å². The van der Waals surface area contributed by atoms with Crippen LogP contribution in [0.1, 0.15) is 46.5 Å². The van der Waals surface area contributed by atoms with Crippen molar-refractivity contribution in [2.24, 2.45) is 17.3 Å². The topological polar surface area (TPSA) is 33.0 Å². The average molecular weight is 397 g/mol. The SMILES string of the molecule is CCC(C)(C)C1CCC(C#N)C(Oc2ccc(I)cc2)C1. The van der Waals surface area contributed by atoms with Crippen LogP contribution in [0.3, 0.4) is 0 Å². The average Bonchev–Trinajstić information content (AvgIpc) is 2.49. The van der Waals surface area contributed by atoms with Crippen LogP contribution in [0.15, 0.2) is 24.3 Å². The molecule has 0 aliphatic heterocycles. The zero-order valence-electron chi connectivity index (χ0n) is 13.1. The molecule has 114 valence electrons. The first-order valence-electron chi connectivity index (χ1n) is 7.78. The van der Waals surface area contributed by atoms with E-state index in [1.54, 1.807) is 0 Å². The van der Waals surface area contributed by atoms with Crippen LogP contribution in [0, 0.1) is 32.2 Å². The van der Waals surface area contributed by atoms with E-state index in [-0.39, 0.29) is 12.0 Å². The van der Waals surface area contributed by atoms with Crippen molar-refractivity contribution in [2.45, 2.75) is 52.6 Å². The molecule has 1 saturated carbocycles. The Labute approximate surface area is 142 Å². The Morgan fingerprint density at radius 2 is 1.95 bits per heavy atom. The normalized spacial score (nSPS) is 26.1. The van der Waals surface area contributed by atoms with Gasteiger partial charge in [0.2, 0.25) is 0 Å². The number of benzene rings is 1. The number of nitriles is 1. The number of hydrogen-bond donors (Lipinski definition) is 0. The number of rotatable bonds is 4. The third-order valence-electron chi connectivity index (χ3n) is 5.08. The summed E-state index contributed by atoms with van der Waals surface area (Å²) in [7, 11) is 0. The summed E-state index contributed by atoms with van der Waals surface area (Å²) in [5.41, 5.74) is 0.327. The maximum atomic E-state index is 9.40. The van der Waals surface area contributed by atoms with E-state index in [1.165, 1.54) is 9.99 Å². The number of halogens is 1. The first-order chi connectivity index (χ1) is 9.96. The Hall–Kier alpha value is -0.760. The van der Waals surface area contributed by atoms with Crippen molar-refractivity contribution >= 4 is 22.6 Å². The maximum Gasteiger partial charge on any atom is 0.119 e. The van der Waals surface area contributed by atoms with Gasteiger partial charge in [-0.05, 0) is 77.5 Å². The fourth-order valence-corrected chi connectivity index (χ4v) is 3.45. The number of hydrogen-bond acceptors (Lipinski definition) is 2. The molecule has 0 N–H and O–H groups in total. The quantitative estimate of drug-likeness (QED) is 0.636. The van der Waals surface area contributed by atoms with Gasteiger partial charge in [-0.25, -0.2) is 0 Å². The molecule has 1 fully saturated rings. The summed E-state index contributed by atoms with van der Waals surface area (Å²) in [6, 6.07) is 10.6. The molecule has 1 aliphatic rings. The molecule has 1 aromatic rings. The van der Waals surface area contributed by atoms with Crippen LogP contribution in [-0.4, -0.2) is 6.10 Å². The zero-order valence-corrected chi connectivity index (χ0v) is 15.3. The molecular weight excluding hydrogens is 373 g/mol. The van der Waals surface area contributed by atoms with Crippen LogP contribution >= 0.6 is 22.6 Å². The highest BCUT2D eigenvalue weighted by Crippen LogP contribution is 2.43. The highest BCUT2D eigenvalue weighted by Gasteiger charge is 2.38. The van der Waals surface area contributed by atoms with Crippen molar-refractivity contribution in [2.75, 3.05) is 0 Å². The molecular formula is C18H24INO. The summed E-state index contributed by atoms with van der Waals surface area (Å²) in [5.74, 6) is 1.55. The lowest BCUT2D eigenvalue weighted by Crippen LogP contribution is -2.38. The molecule has 2 nitrogen and oxygen atoms in total. The zero-order chi connectivity index (χ0) is 15.5. The molecule has 3 unspecified atom stereocenters. The molecule has 0 saturated heterocycles. The summed E-state index contributed by atoms with van der Waals surface area (Å²) in [4.78, 5) is 0. The van der Waals surface area contributed by atoms with Crippen LogP contribution < -0.4 is 4.74 Å². The minimum Gasteiger partial charge on any atom is -0.489 e. The summed E-state index contributed by atoms with van der Waals surface area (Å²) in [6.45, 7) is 6.93. The van der Waals surface area contributed by atoms with Gasteiger partial charge in [-0.2, -0.15) is 5.26 Å². The molecule has 21 heavy (non-hydrogen) atoms. The van der Waals surface area contributed by atoms with Gasteiger partial charge in [-0.1, -0.05) is 27.2 Å². The van der Waals surface area contributed by atoms with Gasteiger partial charge in [0.05, 0.1) is 12.0 Å².